The molecule has 1 unspecified atom stereocenters. The Hall–Kier alpha value is -3.68. The molecule has 8 heteroatoms. The summed E-state index contributed by atoms with van der Waals surface area (Å²) in [4.78, 5) is 29.3. The number of amides is 2. The van der Waals surface area contributed by atoms with Crippen LogP contribution in [0.2, 0.25) is 0 Å². The van der Waals surface area contributed by atoms with Crippen LogP contribution in [-0.4, -0.2) is 39.7 Å². The molecule has 0 spiro atoms. The minimum absolute atomic E-state index is 0.127. The van der Waals surface area contributed by atoms with Crippen LogP contribution in [0, 0.1) is 0 Å². The molecule has 3 aromatic rings. The summed E-state index contributed by atoms with van der Waals surface area (Å²) in [5, 5.41) is 3.23. The lowest BCUT2D eigenvalue weighted by molar-refractivity contribution is -0.133. The highest BCUT2D eigenvalue weighted by Crippen LogP contribution is 2.37. The fraction of sp³-hybridized carbons (Fsp3) is 0.385. The Morgan fingerprint density at radius 2 is 1.88 bits per heavy atom. The maximum Gasteiger partial charge on any atom is 0.271 e. The molecule has 0 radical (unpaired) electrons. The predicted molar refractivity (Wildman–Crippen MR) is 123 cm³/mol. The lowest BCUT2D eigenvalue weighted by Crippen LogP contribution is -2.64. The van der Waals surface area contributed by atoms with Gasteiger partial charge in [0.15, 0.2) is 11.5 Å². The zero-order valence-electron chi connectivity index (χ0n) is 19.1. The summed E-state index contributed by atoms with van der Waals surface area (Å²) < 4.78 is 18.5. The quantitative estimate of drug-likeness (QED) is 0.622. The zero-order chi connectivity index (χ0) is 23.3. The van der Waals surface area contributed by atoms with E-state index in [1.54, 1.807) is 17.2 Å². The van der Waals surface area contributed by atoms with E-state index in [-0.39, 0.29) is 31.2 Å². The van der Waals surface area contributed by atoms with Crippen LogP contribution in [0.1, 0.15) is 48.7 Å². The van der Waals surface area contributed by atoms with Crippen molar-refractivity contribution in [1.82, 2.24) is 14.8 Å². The van der Waals surface area contributed by atoms with Gasteiger partial charge in [0.2, 0.25) is 12.7 Å². The third-order valence-electron chi connectivity index (χ3n) is 7.24. The topological polar surface area (TPSA) is 85.9 Å². The summed E-state index contributed by atoms with van der Waals surface area (Å²) in [6, 6.07) is 13.2. The summed E-state index contributed by atoms with van der Waals surface area (Å²) >= 11 is 0. The number of carbonyl (C=O) groups excluding carboxylic acids is 2. The van der Waals surface area contributed by atoms with Crippen molar-refractivity contribution in [2.45, 2.75) is 57.3 Å². The van der Waals surface area contributed by atoms with Gasteiger partial charge >= 0.3 is 0 Å². The van der Waals surface area contributed by atoms with Gasteiger partial charge in [-0.25, -0.2) is 0 Å². The molecule has 8 nitrogen and oxygen atoms in total. The van der Waals surface area contributed by atoms with Crippen molar-refractivity contribution in [3.8, 4) is 23.0 Å². The molecule has 1 fully saturated rings. The molecule has 2 aromatic heterocycles. The number of carbonyl (C=O) groups is 2. The lowest BCUT2D eigenvalue weighted by Gasteiger charge is -2.44. The average Bonchev–Trinajstić information content (AvgIpc) is 3.63. The smallest absolute Gasteiger partial charge is 0.271 e. The van der Waals surface area contributed by atoms with Crippen molar-refractivity contribution in [2.24, 2.45) is 0 Å². The summed E-state index contributed by atoms with van der Waals surface area (Å²) in [7, 11) is 0. The van der Waals surface area contributed by atoms with Crippen LogP contribution in [0.5, 0.6) is 11.5 Å². The largest absolute Gasteiger partial charge is 0.463 e. The minimum Gasteiger partial charge on any atom is -0.463 e. The highest BCUT2D eigenvalue weighted by molar-refractivity contribution is 6.00. The molecule has 2 amide bonds. The molecule has 34 heavy (non-hydrogen) atoms. The first-order valence-electron chi connectivity index (χ1n) is 11.8. The molecule has 0 bridgehead atoms. The maximum absolute atomic E-state index is 13.8. The molecule has 6 rings (SSSR count). The molecule has 1 atom stereocenters. The van der Waals surface area contributed by atoms with E-state index >= 15 is 0 Å². The van der Waals surface area contributed by atoms with E-state index in [4.69, 9.17) is 13.9 Å². The highest BCUT2D eigenvalue weighted by atomic mass is 16.7. The number of rotatable bonds is 5. The molecule has 0 saturated heterocycles. The third-order valence-corrected chi connectivity index (χ3v) is 7.24. The predicted octanol–water partition coefficient (Wildman–Crippen LogP) is 3.95. The van der Waals surface area contributed by atoms with Crippen LogP contribution in [-0.2, 0) is 17.9 Å². The number of ether oxygens (including phenoxy) is 2. The van der Waals surface area contributed by atoms with E-state index in [9.17, 15) is 9.59 Å². The molecule has 1 saturated carbocycles. The van der Waals surface area contributed by atoms with E-state index < -0.39 is 5.54 Å². The van der Waals surface area contributed by atoms with Gasteiger partial charge in [-0.05, 0) is 61.7 Å². The van der Waals surface area contributed by atoms with Crippen molar-refractivity contribution < 1.29 is 23.5 Å². The number of furan rings is 1. The van der Waals surface area contributed by atoms with Crippen LogP contribution in [0.4, 0.5) is 0 Å². The fourth-order valence-corrected chi connectivity index (χ4v) is 5.29. The number of hydrogen-bond acceptors (Lipinski definition) is 5. The van der Waals surface area contributed by atoms with E-state index in [1.165, 1.54) is 0 Å². The van der Waals surface area contributed by atoms with Gasteiger partial charge in [-0.15, -0.1) is 0 Å². The number of hydrogen-bond donors (Lipinski definition) is 1. The van der Waals surface area contributed by atoms with E-state index in [0.717, 1.165) is 36.9 Å². The number of fused-ring (bicyclic) bond motifs is 2. The molecular formula is C26H27N3O5. The summed E-state index contributed by atoms with van der Waals surface area (Å²) in [5.41, 5.74) is 1.13. The third kappa shape index (κ3) is 3.36. The van der Waals surface area contributed by atoms with Gasteiger partial charge in [0.1, 0.15) is 17.0 Å². The van der Waals surface area contributed by atoms with Crippen molar-refractivity contribution in [2.75, 3.05) is 6.79 Å². The van der Waals surface area contributed by atoms with Crippen molar-refractivity contribution >= 4 is 11.8 Å². The Morgan fingerprint density at radius 1 is 1.09 bits per heavy atom. The Labute approximate surface area is 197 Å². The number of aromatic nitrogens is 1. The summed E-state index contributed by atoms with van der Waals surface area (Å²) in [5.74, 6) is 1.70. The Balaban J connectivity index is 1.38. The second-order valence-electron chi connectivity index (χ2n) is 9.47. The van der Waals surface area contributed by atoms with Crippen molar-refractivity contribution in [3.63, 3.8) is 0 Å². The lowest BCUT2D eigenvalue weighted by atomic mass is 9.93. The van der Waals surface area contributed by atoms with Crippen LogP contribution in [0.15, 0.2) is 53.1 Å². The normalized spacial score (nSPS) is 21.7. The van der Waals surface area contributed by atoms with Gasteiger partial charge in [0.25, 0.3) is 5.91 Å². The molecule has 1 aliphatic carbocycles. The SMILES string of the molecule is CC1(C(=O)NC2CCCC2)Cn2c(ccc2-c2ccco2)C(=O)N1Cc1ccc2c(c1)OCO2. The monoisotopic (exact) mass is 461 g/mol. The Kier molecular flexibility index (Phi) is 4.90. The summed E-state index contributed by atoms with van der Waals surface area (Å²) in [6.07, 6.45) is 5.80. The first-order chi connectivity index (χ1) is 16.5. The standard InChI is InChI=1S/C26H27N3O5/c1-26(25(31)27-18-5-2-3-6-18)15-28-19(21-7-4-12-32-21)9-10-20(28)24(30)29(26)14-17-8-11-22-23(13-17)34-16-33-22/h4,7-13,18H,2-3,5-6,14-16H2,1H3,(H,27,31). The number of nitrogens with one attached hydrogen (secondary N) is 1. The van der Waals surface area contributed by atoms with Gasteiger partial charge in [0.05, 0.1) is 18.5 Å². The van der Waals surface area contributed by atoms with Crippen LogP contribution in [0.3, 0.4) is 0 Å². The van der Waals surface area contributed by atoms with Crippen LogP contribution in [0.25, 0.3) is 11.5 Å². The Bertz CT molecular complexity index is 1240. The van der Waals surface area contributed by atoms with Gasteiger partial charge < -0.3 is 28.7 Å². The molecule has 1 N–H and O–H groups in total. The number of nitrogens with zero attached hydrogens (tertiary/aromatic N) is 2. The van der Waals surface area contributed by atoms with E-state index in [0.29, 0.717) is 29.5 Å². The summed E-state index contributed by atoms with van der Waals surface area (Å²) in [6.45, 7) is 2.66. The van der Waals surface area contributed by atoms with Crippen LogP contribution < -0.4 is 14.8 Å². The van der Waals surface area contributed by atoms with Crippen molar-refractivity contribution in [3.05, 3.63) is 60.0 Å². The zero-order valence-corrected chi connectivity index (χ0v) is 19.1. The maximum atomic E-state index is 13.8. The molecule has 1 aromatic carbocycles. The average molecular weight is 462 g/mol. The Morgan fingerprint density at radius 3 is 2.68 bits per heavy atom. The molecular weight excluding hydrogens is 434 g/mol. The second-order valence-corrected chi connectivity index (χ2v) is 9.47. The molecule has 176 valence electrons. The first kappa shape index (κ1) is 20.9. The second kappa shape index (κ2) is 7.97. The van der Waals surface area contributed by atoms with Gasteiger partial charge in [0, 0.05) is 12.6 Å². The van der Waals surface area contributed by atoms with Gasteiger partial charge in [-0.3, -0.25) is 9.59 Å². The van der Waals surface area contributed by atoms with Gasteiger partial charge in [-0.2, -0.15) is 0 Å². The van der Waals surface area contributed by atoms with E-state index in [2.05, 4.69) is 5.32 Å². The van der Waals surface area contributed by atoms with Crippen molar-refractivity contribution in [1.29, 1.82) is 0 Å². The molecule has 4 heterocycles. The number of benzene rings is 1. The van der Waals surface area contributed by atoms with Crippen LogP contribution >= 0.6 is 0 Å². The van der Waals surface area contributed by atoms with E-state index in [1.807, 2.05) is 47.9 Å². The highest BCUT2D eigenvalue weighted by Gasteiger charge is 2.48. The first-order valence-corrected chi connectivity index (χ1v) is 11.8. The molecule has 3 aliphatic rings. The molecule has 2 aliphatic heterocycles. The minimum atomic E-state index is -1.08. The fourth-order valence-electron chi connectivity index (χ4n) is 5.29. The van der Waals surface area contributed by atoms with Gasteiger partial charge in [-0.1, -0.05) is 18.9 Å².